The molecule has 0 bridgehead atoms. The molecule has 0 saturated carbocycles. The van der Waals surface area contributed by atoms with Crippen LogP contribution in [0.3, 0.4) is 0 Å². The highest BCUT2D eigenvalue weighted by molar-refractivity contribution is 6.30. The van der Waals surface area contributed by atoms with Gasteiger partial charge in [-0.3, -0.25) is 9.38 Å². The van der Waals surface area contributed by atoms with Crippen LogP contribution in [-0.2, 0) is 0 Å². The lowest BCUT2D eigenvalue weighted by Crippen LogP contribution is -2.07. The maximum absolute atomic E-state index is 6.21. The number of nitrogens with two attached hydrogens (primary N) is 1. The highest BCUT2D eigenvalue weighted by Gasteiger charge is 2.16. The van der Waals surface area contributed by atoms with E-state index in [0.717, 1.165) is 22.6 Å². The Balaban J connectivity index is 1.76. The summed E-state index contributed by atoms with van der Waals surface area (Å²) in [5.74, 6) is 0.491. The lowest BCUT2D eigenvalue weighted by atomic mass is 9.97. The molecule has 6 heteroatoms. The van der Waals surface area contributed by atoms with Gasteiger partial charge in [0.15, 0.2) is 0 Å². The number of nitrogen functional groups attached to an aromatic ring is 1. The molecule has 0 spiro atoms. The third-order valence-corrected chi connectivity index (χ3v) is 4.49. The van der Waals surface area contributed by atoms with Gasteiger partial charge in [0, 0.05) is 12.1 Å². The van der Waals surface area contributed by atoms with E-state index < -0.39 is 0 Å². The van der Waals surface area contributed by atoms with Gasteiger partial charge in [0.05, 0.1) is 28.8 Å². The third kappa shape index (κ3) is 2.83. The Morgan fingerprint density at radius 3 is 2.60 bits per heavy atom. The van der Waals surface area contributed by atoms with Gasteiger partial charge >= 0.3 is 0 Å². The van der Waals surface area contributed by atoms with Crippen molar-refractivity contribution >= 4 is 23.1 Å². The number of fused-ring (bicyclic) bond motifs is 1. The largest absolute Gasteiger partial charge is 0.382 e. The molecule has 3 heterocycles. The van der Waals surface area contributed by atoms with Crippen molar-refractivity contribution in [2.75, 3.05) is 5.73 Å². The maximum Gasteiger partial charge on any atom is 0.146 e. The van der Waals surface area contributed by atoms with Crippen LogP contribution in [0.1, 0.15) is 24.1 Å². The summed E-state index contributed by atoms with van der Waals surface area (Å²) < 4.78 is 1.88. The molecule has 2 N–H and O–H groups in total. The maximum atomic E-state index is 6.21. The quantitative estimate of drug-likeness (QED) is 0.602. The molecule has 0 aliphatic rings. The lowest BCUT2D eigenvalue weighted by molar-refractivity contribution is 0.864. The summed E-state index contributed by atoms with van der Waals surface area (Å²) in [4.78, 5) is 13.5. The first-order valence-corrected chi connectivity index (χ1v) is 8.31. The minimum absolute atomic E-state index is 0.0689. The van der Waals surface area contributed by atoms with E-state index in [1.807, 2.05) is 28.7 Å². The first kappa shape index (κ1) is 15.6. The van der Waals surface area contributed by atoms with Gasteiger partial charge in [-0.25, -0.2) is 9.97 Å². The Morgan fingerprint density at radius 1 is 1.04 bits per heavy atom. The molecule has 1 atom stereocenters. The van der Waals surface area contributed by atoms with Crippen LogP contribution in [-0.4, -0.2) is 19.4 Å². The van der Waals surface area contributed by atoms with Crippen LogP contribution in [0, 0.1) is 0 Å². The first-order chi connectivity index (χ1) is 12.1. The number of pyridine rings is 1. The fraction of sp³-hybridized carbons (Fsp3) is 0.105. The van der Waals surface area contributed by atoms with Crippen molar-refractivity contribution in [1.82, 2.24) is 19.4 Å². The number of imidazole rings is 1. The molecule has 0 amide bonds. The SMILES string of the molecule is C[C@@H](c1ccccc1)c1ncc(-c2cnc3ccc(Cl)cn23)nc1N. The normalized spacial score (nSPS) is 12.4. The van der Waals surface area contributed by atoms with E-state index in [-0.39, 0.29) is 5.92 Å². The summed E-state index contributed by atoms with van der Waals surface area (Å²) in [6.45, 7) is 2.07. The van der Waals surface area contributed by atoms with Crippen LogP contribution in [0.2, 0.25) is 5.02 Å². The van der Waals surface area contributed by atoms with Crippen LogP contribution in [0.4, 0.5) is 5.82 Å². The summed E-state index contributed by atoms with van der Waals surface area (Å²) in [5, 5.41) is 0.627. The number of hydrogen-bond donors (Lipinski definition) is 1. The van der Waals surface area contributed by atoms with Crippen molar-refractivity contribution in [3.8, 4) is 11.4 Å². The Kier molecular flexibility index (Phi) is 3.86. The topological polar surface area (TPSA) is 69.1 Å². The van der Waals surface area contributed by atoms with Crippen LogP contribution in [0.15, 0.2) is 61.1 Å². The number of nitrogens with zero attached hydrogens (tertiary/aromatic N) is 4. The molecule has 4 aromatic rings. The van der Waals surface area contributed by atoms with E-state index in [1.165, 1.54) is 0 Å². The minimum Gasteiger partial charge on any atom is -0.382 e. The molecule has 0 saturated heterocycles. The van der Waals surface area contributed by atoms with Gasteiger partial charge in [0.25, 0.3) is 0 Å². The summed E-state index contributed by atoms with van der Waals surface area (Å²) >= 11 is 6.09. The van der Waals surface area contributed by atoms with E-state index in [1.54, 1.807) is 24.7 Å². The Hall–Kier alpha value is -2.92. The van der Waals surface area contributed by atoms with Gasteiger partial charge in [-0.1, -0.05) is 48.9 Å². The number of aromatic nitrogens is 4. The van der Waals surface area contributed by atoms with E-state index >= 15 is 0 Å². The van der Waals surface area contributed by atoms with Gasteiger partial charge in [-0.2, -0.15) is 0 Å². The minimum atomic E-state index is 0.0689. The average molecular weight is 350 g/mol. The van der Waals surface area contributed by atoms with Crippen molar-refractivity contribution in [2.45, 2.75) is 12.8 Å². The van der Waals surface area contributed by atoms with Crippen molar-refractivity contribution in [3.63, 3.8) is 0 Å². The van der Waals surface area contributed by atoms with Crippen molar-refractivity contribution in [2.24, 2.45) is 0 Å². The number of rotatable bonds is 3. The van der Waals surface area contributed by atoms with Gasteiger partial charge in [0.1, 0.15) is 17.2 Å². The van der Waals surface area contributed by atoms with Crippen molar-refractivity contribution < 1.29 is 0 Å². The molecule has 0 unspecified atom stereocenters. The molecule has 124 valence electrons. The fourth-order valence-corrected chi connectivity index (χ4v) is 3.07. The molecule has 3 aromatic heterocycles. The van der Waals surface area contributed by atoms with Crippen molar-refractivity contribution in [3.05, 3.63) is 77.3 Å². The highest BCUT2D eigenvalue weighted by Crippen LogP contribution is 2.28. The average Bonchev–Trinajstić information content (AvgIpc) is 3.05. The number of hydrogen-bond acceptors (Lipinski definition) is 4. The lowest BCUT2D eigenvalue weighted by Gasteiger charge is -2.14. The second-order valence-electron chi connectivity index (χ2n) is 5.88. The standard InChI is InChI=1S/C19H16ClN5/c1-12(13-5-3-2-4-6-13)18-19(21)24-15(9-23-18)16-10-22-17-8-7-14(20)11-25(16)17/h2-12H,1H3,(H2,21,24)/t12-/m0/s1. The van der Waals surface area contributed by atoms with Gasteiger partial charge in [-0.15, -0.1) is 0 Å². The Labute approximate surface area is 150 Å². The van der Waals surface area contributed by atoms with Crippen LogP contribution in [0.25, 0.3) is 17.0 Å². The molecule has 4 rings (SSSR count). The third-order valence-electron chi connectivity index (χ3n) is 4.27. The first-order valence-electron chi connectivity index (χ1n) is 7.94. The zero-order valence-electron chi connectivity index (χ0n) is 13.6. The summed E-state index contributed by atoms with van der Waals surface area (Å²) in [6.07, 6.45) is 5.28. The predicted molar refractivity (Wildman–Crippen MR) is 99.6 cm³/mol. The number of anilines is 1. The summed E-state index contributed by atoms with van der Waals surface area (Å²) in [7, 11) is 0. The number of benzene rings is 1. The van der Waals surface area contributed by atoms with Crippen LogP contribution in [0.5, 0.6) is 0 Å². The van der Waals surface area contributed by atoms with Crippen molar-refractivity contribution in [1.29, 1.82) is 0 Å². The molecule has 25 heavy (non-hydrogen) atoms. The van der Waals surface area contributed by atoms with Gasteiger partial charge < -0.3 is 5.73 Å². The van der Waals surface area contributed by atoms with E-state index in [4.69, 9.17) is 17.3 Å². The van der Waals surface area contributed by atoms with E-state index in [0.29, 0.717) is 16.5 Å². The summed E-state index contributed by atoms with van der Waals surface area (Å²) in [6, 6.07) is 13.8. The molecule has 0 fully saturated rings. The summed E-state index contributed by atoms with van der Waals surface area (Å²) in [5.41, 5.74) is 10.4. The highest BCUT2D eigenvalue weighted by atomic mass is 35.5. The predicted octanol–water partition coefficient (Wildman–Crippen LogP) is 4.18. The van der Waals surface area contributed by atoms with Gasteiger partial charge in [0.2, 0.25) is 0 Å². The molecule has 0 radical (unpaired) electrons. The van der Waals surface area contributed by atoms with Crippen LogP contribution < -0.4 is 5.73 Å². The Bertz CT molecular complexity index is 1040. The van der Waals surface area contributed by atoms with Crippen LogP contribution >= 0.6 is 11.6 Å². The molecular formula is C19H16ClN5. The smallest absolute Gasteiger partial charge is 0.146 e. The zero-order valence-corrected chi connectivity index (χ0v) is 14.4. The molecular weight excluding hydrogens is 334 g/mol. The van der Waals surface area contributed by atoms with E-state index in [2.05, 4.69) is 34.0 Å². The molecule has 1 aromatic carbocycles. The van der Waals surface area contributed by atoms with E-state index in [9.17, 15) is 0 Å². The monoisotopic (exact) mass is 349 g/mol. The Morgan fingerprint density at radius 2 is 1.84 bits per heavy atom. The second-order valence-corrected chi connectivity index (χ2v) is 6.31. The fourth-order valence-electron chi connectivity index (χ4n) is 2.91. The van der Waals surface area contributed by atoms with Gasteiger partial charge in [-0.05, 0) is 17.7 Å². The molecule has 5 nitrogen and oxygen atoms in total. The molecule has 0 aliphatic carbocycles. The molecule has 0 aliphatic heterocycles. The zero-order chi connectivity index (χ0) is 17.4. The second kappa shape index (κ2) is 6.18. The number of halogens is 1.